The first-order valence-corrected chi connectivity index (χ1v) is 18.7. The minimum atomic E-state index is -0.0778. The van der Waals surface area contributed by atoms with Gasteiger partial charge in [-0.25, -0.2) is 0 Å². The Morgan fingerprint density at radius 2 is 0.887 bits per heavy atom. The third-order valence-electron chi connectivity index (χ3n) is 11.7. The quantitative estimate of drug-likeness (QED) is 0.163. The average molecular weight is 677 g/mol. The van der Waals surface area contributed by atoms with Gasteiger partial charge in [-0.3, -0.25) is 0 Å². The van der Waals surface area contributed by atoms with Crippen LogP contribution in [0.3, 0.4) is 0 Å². The number of hydrogen-bond acceptors (Lipinski definition) is 0. The lowest BCUT2D eigenvalue weighted by atomic mass is 9.81. The highest BCUT2D eigenvalue weighted by atomic mass is 14.4. The van der Waals surface area contributed by atoms with Gasteiger partial charge in [-0.15, -0.1) is 0 Å². The first-order chi connectivity index (χ1) is 25.8. The second kappa shape index (κ2) is 11.9. The lowest BCUT2D eigenvalue weighted by molar-refractivity contribution is 0.660. The van der Waals surface area contributed by atoms with E-state index in [-0.39, 0.29) is 5.41 Å². The van der Waals surface area contributed by atoms with Crippen molar-refractivity contribution in [1.82, 2.24) is 0 Å². The predicted octanol–water partition coefficient (Wildman–Crippen LogP) is 14.7. The number of aryl methyl sites for hydroxylation is 2. The van der Waals surface area contributed by atoms with E-state index in [4.69, 9.17) is 0 Å². The second-order valence-corrected chi connectivity index (χ2v) is 15.5. The molecule has 0 aromatic heterocycles. The third-order valence-corrected chi connectivity index (χ3v) is 11.7. The molecule has 0 unspecified atom stereocenters. The zero-order valence-electron chi connectivity index (χ0n) is 30.7. The average Bonchev–Trinajstić information content (AvgIpc) is 3.42. The second-order valence-electron chi connectivity index (χ2n) is 15.5. The lowest BCUT2D eigenvalue weighted by Gasteiger charge is -2.22. The first-order valence-electron chi connectivity index (χ1n) is 18.7. The summed E-state index contributed by atoms with van der Waals surface area (Å²) in [7, 11) is 0. The van der Waals surface area contributed by atoms with Crippen molar-refractivity contribution in [2.75, 3.05) is 0 Å². The summed E-state index contributed by atoms with van der Waals surface area (Å²) in [5, 5.41) is 7.59. The molecule has 53 heavy (non-hydrogen) atoms. The molecule has 0 heteroatoms. The van der Waals surface area contributed by atoms with Gasteiger partial charge >= 0.3 is 0 Å². The van der Waals surface area contributed by atoms with Crippen LogP contribution in [-0.4, -0.2) is 0 Å². The number of fused-ring (bicyclic) bond motifs is 7. The molecule has 0 amide bonds. The molecular formula is C53H40. The van der Waals surface area contributed by atoms with E-state index in [0.717, 1.165) is 0 Å². The minimum absolute atomic E-state index is 0.0778. The van der Waals surface area contributed by atoms with Crippen molar-refractivity contribution < 1.29 is 0 Å². The van der Waals surface area contributed by atoms with Crippen molar-refractivity contribution in [2.24, 2.45) is 0 Å². The Morgan fingerprint density at radius 1 is 0.302 bits per heavy atom. The van der Waals surface area contributed by atoms with Gasteiger partial charge in [0, 0.05) is 5.41 Å². The molecule has 0 heterocycles. The molecular weight excluding hydrogens is 637 g/mol. The van der Waals surface area contributed by atoms with Crippen LogP contribution < -0.4 is 0 Å². The summed E-state index contributed by atoms with van der Waals surface area (Å²) in [6.45, 7) is 9.12. The van der Waals surface area contributed by atoms with E-state index in [2.05, 4.69) is 198 Å². The van der Waals surface area contributed by atoms with Crippen molar-refractivity contribution in [3.8, 4) is 55.6 Å². The highest BCUT2D eigenvalue weighted by molar-refractivity contribution is 6.16. The Kier molecular flexibility index (Phi) is 7.07. The van der Waals surface area contributed by atoms with E-state index in [1.54, 1.807) is 0 Å². The summed E-state index contributed by atoms with van der Waals surface area (Å²) >= 11 is 0. The zero-order valence-corrected chi connectivity index (χ0v) is 30.7. The summed E-state index contributed by atoms with van der Waals surface area (Å²) < 4.78 is 0. The van der Waals surface area contributed by atoms with Crippen LogP contribution in [0.2, 0.25) is 0 Å². The molecule has 9 aromatic carbocycles. The van der Waals surface area contributed by atoms with E-state index in [1.165, 1.54) is 110 Å². The van der Waals surface area contributed by atoms with Crippen LogP contribution in [0.15, 0.2) is 170 Å². The molecule has 0 spiro atoms. The van der Waals surface area contributed by atoms with Gasteiger partial charge in [0.2, 0.25) is 0 Å². The molecule has 0 nitrogen and oxygen atoms in total. The molecule has 0 N–H and O–H groups in total. The van der Waals surface area contributed by atoms with Gasteiger partial charge in [0.25, 0.3) is 0 Å². The monoisotopic (exact) mass is 676 g/mol. The molecule has 0 saturated carbocycles. The fourth-order valence-electron chi connectivity index (χ4n) is 9.10. The van der Waals surface area contributed by atoms with Gasteiger partial charge in [-0.1, -0.05) is 158 Å². The smallest absolute Gasteiger partial charge is 0.0159 e. The summed E-state index contributed by atoms with van der Waals surface area (Å²) in [6.07, 6.45) is 0. The number of benzene rings is 9. The molecule has 0 atom stereocenters. The zero-order chi connectivity index (χ0) is 35.8. The van der Waals surface area contributed by atoms with E-state index < -0.39 is 0 Å². The standard InChI is InChI=1S/C53H40/c1-33-24-34(2)26-41(25-33)38-18-21-43-42(27-38)31-49(40-20-23-46-45-16-10-11-17-51(45)53(3,4)52(46)32-40)50-30-39(19-22-44(43)50)48-29-37-15-9-8-14-36(37)28-47(48)35-12-6-5-7-13-35/h5-32H,1-4H3. The third kappa shape index (κ3) is 5.12. The molecule has 1 aliphatic carbocycles. The summed E-state index contributed by atoms with van der Waals surface area (Å²) in [4.78, 5) is 0. The van der Waals surface area contributed by atoms with E-state index in [0.29, 0.717) is 0 Å². The molecule has 0 saturated heterocycles. The summed E-state index contributed by atoms with van der Waals surface area (Å²) in [5.74, 6) is 0. The number of rotatable bonds is 4. The van der Waals surface area contributed by atoms with Gasteiger partial charge in [-0.2, -0.15) is 0 Å². The van der Waals surface area contributed by atoms with Gasteiger partial charge in [-0.05, 0) is 149 Å². The van der Waals surface area contributed by atoms with Crippen LogP contribution in [0.5, 0.6) is 0 Å². The lowest BCUT2D eigenvalue weighted by Crippen LogP contribution is -2.14. The molecule has 1 aliphatic rings. The highest BCUT2D eigenvalue weighted by Gasteiger charge is 2.35. The highest BCUT2D eigenvalue weighted by Crippen LogP contribution is 2.50. The normalized spacial score (nSPS) is 13.1. The molecule has 0 aliphatic heterocycles. The van der Waals surface area contributed by atoms with Crippen LogP contribution in [0.1, 0.15) is 36.1 Å². The summed E-state index contributed by atoms with van der Waals surface area (Å²) in [5.41, 5.74) is 18.0. The Hall–Kier alpha value is -6.24. The van der Waals surface area contributed by atoms with Crippen LogP contribution in [0.25, 0.3) is 88.0 Å². The Bertz CT molecular complexity index is 2900. The Balaban J connectivity index is 1.24. The van der Waals surface area contributed by atoms with Crippen molar-refractivity contribution in [3.05, 3.63) is 192 Å². The first kappa shape index (κ1) is 31.5. The van der Waals surface area contributed by atoms with Crippen molar-refractivity contribution in [1.29, 1.82) is 0 Å². The van der Waals surface area contributed by atoms with Crippen LogP contribution in [0, 0.1) is 13.8 Å². The molecule has 252 valence electrons. The molecule has 0 radical (unpaired) electrons. The van der Waals surface area contributed by atoms with Crippen molar-refractivity contribution in [3.63, 3.8) is 0 Å². The SMILES string of the molecule is Cc1cc(C)cc(-c2ccc3c(c2)cc(-c2ccc4c(c2)C(C)(C)c2ccccc2-4)c2cc(-c4cc5ccccc5cc4-c4ccccc4)ccc23)c1. The molecule has 0 fully saturated rings. The largest absolute Gasteiger partial charge is 0.0622 e. The molecule has 0 bridgehead atoms. The van der Waals surface area contributed by atoms with Crippen LogP contribution in [-0.2, 0) is 5.41 Å². The fraction of sp³-hybridized carbons (Fsp3) is 0.0943. The van der Waals surface area contributed by atoms with Gasteiger partial charge in [0.05, 0.1) is 0 Å². The minimum Gasteiger partial charge on any atom is -0.0622 e. The van der Waals surface area contributed by atoms with Crippen LogP contribution in [0.4, 0.5) is 0 Å². The Morgan fingerprint density at radius 3 is 1.66 bits per heavy atom. The maximum absolute atomic E-state index is 2.47. The fourth-order valence-corrected chi connectivity index (χ4v) is 9.10. The van der Waals surface area contributed by atoms with Crippen LogP contribution >= 0.6 is 0 Å². The Labute approximate surface area is 312 Å². The molecule has 10 rings (SSSR count). The maximum atomic E-state index is 2.47. The predicted molar refractivity (Wildman–Crippen MR) is 228 cm³/mol. The van der Waals surface area contributed by atoms with Crippen molar-refractivity contribution in [2.45, 2.75) is 33.1 Å². The van der Waals surface area contributed by atoms with Crippen molar-refractivity contribution >= 4 is 32.3 Å². The topological polar surface area (TPSA) is 0 Å². The summed E-state index contributed by atoms with van der Waals surface area (Å²) in [6, 6.07) is 63.9. The van der Waals surface area contributed by atoms with Gasteiger partial charge in [0.1, 0.15) is 0 Å². The van der Waals surface area contributed by atoms with E-state index >= 15 is 0 Å². The van der Waals surface area contributed by atoms with E-state index in [1.807, 2.05) is 0 Å². The van der Waals surface area contributed by atoms with Gasteiger partial charge in [0.15, 0.2) is 0 Å². The number of hydrogen-bond donors (Lipinski definition) is 0. The van der Waals surface area contributed by atoms with Gasteiger partial charge < -0.3 is 0 Å². The maximum Gasteiger partial charge on any atom is 0.0159 e. The van der Waals surface area contributed by atoms with E-state index in [9.17, 15) is 0 Å². The molecule has 9 aromatic rings.